The summed E-state index contributed by atoms with van der Waals surface area (Å²) < 4.78 is 26.9. The van der Waals surface area contributed by atoms with E-state index in [9.17, 15) is 13.5 Å². The van der Waals surface area contributed by atoms with E-state index in [0.717, 1.165) is 18.4 Å². The van der Waals surface area contributed by atoms with Gasteiger partial charge in [-0.25, -0.2) is 13.1 Å². The van der Waals surface area contributed by atoms with Gasteiger partial charge in [-0.1, -0.05) is 0 Å². The van der Waals surface area contributed by atoms with Gasteiger partial charge in [0.1, 0.15) is 0 Å². The number of aliphatic hydroxyl groups excluding tert-OH is 1. The maximum atomic E-state index is 12.2. The van der Waals surface area contributed by atoms with Crippen molar-refractivity contribution in [2.45, 2.75) is 37.7 Å². The van der Waals surface area contributed by atoms with Crippen LogP contribution in [0.3, 0.4) is 0 Å². The first-order chi connectivity index (χ1) is 8.81. The molecular weight excluding hydrogens is 264 g/mol. The number of nitrogens with two attached hydrogens (primary N) is 1. The summed E-state index contributed by atoms with van der Waals surface area (Å²) in [5.74, 6) is 0.242. The van der Waals surface area contributed by atoms with Crippen LogP contribution in [0.25, 0.3) is 0 Å². The first kappa shape index (κ1) is 14.3. The summed E-state index contributed by atoms with van der Waals surface area (Å²) in [4.78, 5) is 0.188. The molecule has 0 bridgehead atoms. The zero-order valence-corrected chi connectivity index (χ0v) is 12.0. The van der Waals surface area contributed by atoms with Crippen LogP contribution < -0.4 is 10.5 Å². The van der Waals surface area contributed by atoms with Crippen molar-refractivity contribution in [3.8, 4) is 0 Å². The predicted octanol–water partition coefficient (Wildman–Crippen LogP) is 0.935. The van der Waals surface area contributed by atoms with Crippen molar-refractivity contribution >= 4 is 15.7 Å². The molecular formula is C13H20N2O3S. The summed E-state index contributed by atoms with van der Waals surface area (Å²) in [7, 11) is -3.63. The molecule has 4 N–H and O–H groups in total. The molecule has 0 amide bonds. The van der Waals surface area contributed by atoms with E-state index < -0.39 is 16.1 Å². The second-order valence-electron chi connectivity index (χ2n) is 5.23. The van der Waals surface area contributed by atoms with E-state index in [-0.39, 0.29) is 17.4 Å². The van der Waals surface area contributed by atoms with Gasteiger partial charge in [0.15, 0.2) is 0 Å². The topological polar surface area (TPSA) is 92.4 Å². The molecule has 0 aliphatic heterocycles. The van der Waals surface area contributed by atoms with Gasteiger partial charge in [0.05, 0.1) is 11.0 Å². The molecule has 1 aliphatic carbocycles. The lowest BCUT2D eigenvalue weighted by Crippen LogP contribution is -2.33. The van der Waals surface area contributed by atoms with Crippen LogP contribution in [0.1, 0.15) is 24.0 Å². The normalized spacial score (nSPS) is 17.4. The van der Waals surface area contributed by atoms with Gasteiger partial charge in [-0.3, -0.25) is 0 Å². The van der Waals surface area contributed by atoms with Crippen LogP contribution in [0.15, 0.2) is 17.0 Å². The Kier molecular flexibility index (Phi) is 3.85. The van der Waals surface area contributed by atoms with Crippen LogP contribution in [0.5, 0.6) is 0 Å². The number of rotatable bonds is 5. The fraction of sp³-hybridized carbons (Fsp3) is 0.538. The van der Waals surface area contributed by atoms with Crippen molar-refractivity contribution < 1.29 is 13.5 Å². The average Bonchev–Trinajstić information content (AvgIpc) is 3.14. The third kappa shape index (κ3) is 3.26. The highest BCUT2D eigenvalue weighted by atomic mass is 32.2. The number of benzene rings is 1. The van der Waals surface area contributed by atoms with Crippen molar-refractivity contribution in [1.82, 2.24) is 4.72 Å². The molecule has 0 saturated heterocycles. The fourth-order valence-corrected chi connectivity index (χ4v) is 3.46. The summed E-state index contributed by atoms with van der Waals surface area (Å²) >= 11 is 0. The predicted molar refractivity (Wildman–Crippen MR) is 74.2 cm³/mol. The molecule has 19 heavy (non-hydrogen) atoms. The number of aliphatic hydroxyl groups is 1. The Morgan fingerprint density at radius 1 is 1.42 bits per heavy atom. The van der Waals surface area contributed by atoms with Gasteiger partial charge in [0.25, 0.3) is 0 Å². The number of sulfonamides is 1. The molecule has 0 spiro atoms. The van der Waals surface area contributed by atoms with Gasteiger partial charge < -0.3 is 10.8 Å². The molecule has 6 heteroatoms. The number of hydrogen-bond acceptors (Lipinski definition) is 4. The Morgan fingerprint density at radius 3 is 2.63 bits per heavy atom. The number of nitrogen functional groups attached to an aromatic ring is 1. The zero-order valence-electron chi connectivity index (χ0n) is 11.2. The average molecular weight is 284 g/mol. The molecule has 1 atom stereocenters. The fourth-order valence-electron chi connectivity index (χ4n) is 2.05. The molecule has 106 valence electrons. The molecule has 1 saturated carbocycles. The lowest BCUT2D eigenvalue weighted by Gasteiger charge is -2.14. The van der Waals surface area contributed by atoms with E-state index in [0.29, 0.717) is 11.3 Å². The molecule has 1 fully saturated rings. The maximum absolute atomic E-state index is 12.2. The van der Waals surface area contributed by atoms with Gasteiger partial charge in [0.2, 0.25) is 10.0 Å². The smallest absolute Gasteiger partial charge is 0.241 e. The van der Waals surface area contributed by atoms with E-state index in [4.69, 9.17) is 5.73 Å². The third-order valence-corrected chi connectivity index (χ3v) is 5.03. The highest BCUT2D eigenvalue weighted by Crippen LogP contribution is 2.32. The van der Waals surface area contributed by atoms with Crippen molar-refractivity contribution in [3.63, 3.8) is 0 Å². The Morgan fingerprint density at radius 2 is 2.05 bits per heavy atom. The first-order valence-electron chi connectivity index (χ1n) is 6.35. The standard InChI is InChI=1S/C13H20N2O3S/c1-8-5-11(14)9(2)13(6-8)19(17,18)15-7-12(16)10-3-4-10/h5-6,10,12,15-16H,3-4,7,14H2,1-2H3. The summed E-state index contributed by atoms with van der Waals surface area (Å²) in [5.41, 5.74) is 7.59. The Labute approximate surface area is 113 Å². The number of aryl methyl sites for hydroxylation is 1. The van der Waals surface area contributed by atoms with E-state index >= 15 is 0 Å². The second kappa shape index (κ2) is 5.11. The van der Waals surface area contributed by atoms with E-state index in [1.54, 1.807) is 26.0 Å². The first-order valence-corrected chi connectivity index (χ1v) is 7.84. The highest BCUT2D eigenvalue weighted by molar-refractivity contribution is 7.89. The minimum absolute atomic E-state index is 0.0558. The molecule has 0 aromatic heterocycles. The van der Waals surface area contributed by atoms with Crippen LogP contribution in [-0.2, 0) is 10.0 Å². The molecule has 1 unspecified atom stereocenters. The zero-order chi connectivity index (χ0) is 14.2. The summed E-state index contributed by atoms with van der Waals surface area (Å²) in [6, 6.07) is 3.34. The minimum Gasteiger partial charge on any atom is -0.398 e. The van der Waals surface area contributed by atoms with Crippen LogP contribution >= 0.6 is 0 Å². The summed E-state index contributed by atoms with van der Waals surface area (Å²) in [6.45, 7) is 3.54. The number of hydrogen-bond donors (Lipinski definition) is 3. The summed E-state index contributed by atoms with van der Waals surface area (Å²) in [5, 5.41) is 9.73. The molecule has 5 nitrogen and oxygen atoms in total. The van der Waals surface area contributed by atoms with Gasteiger partial charge in [-0.2, -0.15) is 0 Å². The second-order valence-corrected chi connectivity index (χ2v) is 6.97. The van der Waals surface area contributed by atoms with E-state index in [1.807, 2.05) is 0 Å². The quantitative estimate of drug-likeness (QED) is 0.701. The lowest BCUT2D eigenvalue weighted by atomic mass is 10.1. The molecule has 1 aromatic carbocycles. The van der Waals surface area contributed by atoms with Crippen LogP contribution in [0, 0.1) is 19.8 Å². The van der Waals surface area contributed by atoms with Gasteiger partial charge >= 0.3 is 0 Å². The third-order valence-electron chi connectivity index (χ3n) is 3.48. The SMILES string of the molecule is Cc1cc(N)c(C)c(S(=O)(=O)NCC(O)C2CC2)c1. The van der Waals surface area contributed by atoms with Gasteiger partial charge in [0, 0.05) is 12.2 Å². The number of anilines is 1. The maximum Gasteiger partial charge on any atom is 0.241 e. The Hall–Kier alpha value is -1.11. The summed E-state index contributed by atoms with van der Waals surface area (Å²) in [6.07, 6.45) is 1.34. The van der Waals surface area contributed by atoms with Crippen molar-refractivity contribution in [2.75, 3.05) is 12.3 Å². The Balaban J connectivity index is 2.19. The largest absolute Gasteiger partial charge is 0.398 e. The van der Waals surface area contributed by atoms with E-state index in [1.165, 1.54) is 0 Å². The molecule has 1 aliphatic rings. The van der Waals surface area contributed by atoms with Crippen LogP contribution in [0.4, 0.5) is 5.69 Å². The van der Waals surface area contributed by atoms with Crippen molar-refractivity contribution in [3.05, 3.63) is 23.3 Å². The van der Waals surface area contributed by atoms with Crippen molar-refractivity contribution in [1.29, 1.82) is 0 Å². The molecule has 2 rings (SSSR count). The Bertz CT molecular complexity index is 580. The van der Waals surface area contributed by atoms with Crippen molar-refractivity contribution in [2.24, 2.45) is 5.92 Å². The van der Waals surface area contributed by atoms with Gasteiger partial charge in [-0.05, 0) is 55.9 Å². The monoisotopic (exact) mass is 284 g/mol. The molecule has 0 heterocycles. The van der Waals surface area contributed by atoms with Crippen LogP contribution in [0.2, 0.25) is 0 Å². The highest BCUT2D eigenvalue weighted by Gasteiger charge is 2.30. The lowest BCUT2D eigenvalue weighted by molar-refractivity contribution is 0.155. The van der Waals surface area contributed by atoms with Crippen LogP contribution in [-0.4, -0.2) is 26.2 Å². The molecule has 1 aromatic rings. The molecule has 0 radical (unpaired) electrons. The van der Waals surface area contributed by atoms with Gasteiger partial charge in [-0.15, -0.1) is 0 Å². The minimum atomic E-state index is -3.63. The van der Waals surface area contributed by atoms with E-state index in [2.05, 4.69) is 4.72 Å². The number of nitrogens with one attached hydrogen (secondary N) is 1.